The van der Waals surface area contributed by atoms with E-state index in [2.05, 4.69) is 26.1 Å². The van der Waals surface area contributed by atoms with Crippen molar-refractivity contribution in [2.24, 2.45) is 0 Å². The number of benzene rings is 1. The Morgan fingerprint density at radius 1 is 1.18 bits per heavy atom. The van der Waals surface area contributed by atoms with Crippen LogP contribution in [0.15, 0.2) is 50.8 Å². The van der Waals surface area contributed by atoms with Gasteiger partial charge in [0.1, 0.15) is 5.03 Å². The van der Waals surface area contributed by atoms with Crippen LogP contribution >= 0.6 is 27.7 Å². The number of nitrogens with zero attached hydrogens (tertiary/aromatic N) is 2. The van der Waals surface area contributed by atoms with E-state index in [1.165, 1.54) is 17.8 Å². The molecular formula is C11H7BrN2O2S. The van der Waals surface area contributed by atoms with Crippen LogP contribution in [0.5, 0.6) is 0 Å². The first-order valence-electron chi connectivity index (χ1n) is 4.66. The number of aromatic nitrogens is 2. The molecule has 1 aromatic heterocycles. The normalized spacial score (nSPS) is 10.2. The number of hydrogen-bond acceptors (Lipinski definition) is 4. The van der Waals surface area contributed by atoms with Crippen LogP contribution in [0, 0.1) is 0 Å². The third-order valence-electron chi connectivity index (χ3n) is 1.91. The van der Waals surface area contributed by atoms with Crippen molar-refractivity contribution >= 4 is 33.7 Å². The first kappa shape index (κ1) is 12.1. The van der Waals surface area contributed by atoms with Crippen molar-refractivity contribution in [3.05, 3.63) is 46.6 Å². The van der Waals surface area contributed by atoms with Crippen molar-refractivity contribution in [2.75, 3.05) is 0 Å². The summed E-state index contributed by atoms with van der Waals surface area (Å²) >= 11 is 4.85. The van der Waals surface area contributed by atoms with Gasteiger partial charge in [-0.1, -0.05) is 23.9 Å². The lowest BCUT2D eigenvalue weighted by Crippen LogP contribution is -2.01. The second kappa shape index (κ2) is 5.29. The zero-order chi connectivity index (χ0) is 12.3. The van der Waals surface area contributed by atoms with Crippen molar-refractivity contribution in [2.45, 2.75) is 9.92 Å². The Labute approximate surface area is 110 Å². The summed E-state index contributed by atoms with van der Waals surface area (Å²) in [4.78, 5) is 11.6. The van der Waals surface area contributed by atoms with Crippen molar-refractivity contribution in [3.63, 3.8) is 0 Å². The summed E-state index contributed by atoms with van der Waals surface area (Å²) < 4.78 is 0.967. The van der Waals surface area contributed by atoms with Gasteiger partial charge >= 0.3 is 5.97 Å². The fourth-order valence-electron chi connectivity index (χ4n) is 1.13. The molecule has 0 bridgehead atoms. The summed E-state index contributed by atoms with van der Waals surface area (Å²) in [6.07, 6.45) is 0. The topological polar surface area (TPSA) is 63.1 Å². The lowest BCUT2D eigenvalue weighted by Gasteiger charge is -2.02. The molecule has 1 N–H and O–H groups in total. The Hall–Kier alpha value is -1.40. The molecule has 0 aliphatic carbocycles. The van der Waals surface area contributed by atoms with Crippen LogP contribution in [0.3, 0.4) is 0 Å². The van der Waals surface area contributed by atoms with E-state index in [1.54, 1.807) is 6.07 Å². The van der Waals surface area contributed by atoms with E-state index < -0.39 is 5.97 Å². The quantitative estimate of drug-likeness (QED) is 0.944. The van der Waals surface area contributed by atoms with E-state index in [4.69, 9.17) is 5.11 Å². The number of rotatable bonds is 3. The molecule has 0 radical (unpaired) electrons. The Morgan fingerprint density at radius 2 is 1.94 bits per heavy atom. The minimum absolute atomic E-state index is 0.0542. The van der Waals surface area contributed by atoms with E-state index in [-0.39, 0.29) is 5.69 Å². The van der Waals surface area contributed by atoms with Gasteiger partial charge in [0.2, 0.25) is 0 Å². The number of carboxylic acids is 1. The molecule has 0 saturated heterocycles. The molecule has 0 amide bonds. The van der Waals surface area contributed by atoms with E-state index in [9.17, 15) is 4.79 Å². The van der Waals surface area contributed by atoms with E-state index in [0.717, 1.165) is 9.37 Å². The van der Waals surface area contributed by atoms with Gasteiger partial charge < -0.3 is 5.11 Å². The average molecular weight is 311 g/mol. The van der Waals surface area contributed by atoms with Crippen molar-refractivity contribution in [1.29, 1.82) is 0 Å². The Morgan fingerprint density at radius 3 is 2.53 bits per heavy atom. The van der Waals surface area contributed by atoms with E-state index in [1.807, 2.05) is 24.3 Å². The molecule has 1 heterocycles. The molecule has 0 saturated carbocycles. The van der Waals surface area contributed by atoms with Crippen molar-refractivity contribution in [3.8, 4) is 0 Å². The molecule has 4 nitrogen and oxygen atoms in total. The van der Waals surface area contributed by atoms with Crippen LogP contribution in [0.1, 0.15) is 10.5 Å². The van der Waals surface area contributed by atoms with Crippen LogP contribution in [0.4, 0.5) is 0 Å². The molecule has 86 valence electrons. The zero-order valence-corrected chi connectivity index (χ0v) is 10.9. The van der Waals surface area contributed by atoms with Gasteiger partial charge in [0.15, 0.2) is 5.69 Å². The van der Waals surface area contributed by atoms with Crippen molar-refractivity contribution < 1.29 is 9.90 Å². The summed E-state index contributed by atoms with van der Waals surface area (Å²) in [7, 11) is 0. The third kappa shape index (κ3) is 3.04. The molecule has 2 rings (SSSR count). The highest BCUT2D eigenvalue weighted by Gasteiger charge is 2.07. The van der Waals surface area contributed by atoms with Crippen molar-refractivity contribution in [1.82, 2.24) is 10.2 Å². The van der Waals surface area contributed by atoms with Gasteiger partial charge in [-0.05, 0) is 40.2 Å². The number of halogens is 1. The molecule has 1 aromatic carbocycles. The molecule has 0 aliphatic heterocycles. The van der Waals surface area contributed by atoms with Gasteiger partial charge in [-0.2, -0.15) is 0 Å². The highest BCUT2D eigenvalue weighted by Crippen LogP contribution is 2.31. The van der Waals surface area contributed by atoms with Gasteiger partial charge in [-0.15, -0.1) is 10.2 Å². The monoisotopic (exact) mass is 310 g/mol. The minimum atomic E-state index is -1.07. The van der Waals surface area contributed by atoms with Gasteiger partial charge in [0, 0.05) is 9.37 Å². The summed E-state index contributed by atoms with van der Waals surface area (Å²) in [5, 5.41) is 16.8. The summed E-state index contributed by atoms with van der Waals surface area (Å²) in [6, 6.07) is 10.8. The van der Waals surface area contributed by atoms with Crippen LogP contribution in [-0.4, -0.2) is 21.3 Å². The Bertz CT molecular complexity index is 545. The molecule has 0 atom stereocenters. The fourth-order valence-corrected chi connectivity index (χ4v) is 2.41. The second-order valence-corrected chi connectivity index (χ2v) is 5.01. The maximum atomic E-state index is 10.6. The zero-order valence-electron chi connectivity index (χ0n) is 8.50. The first-order chi connectivity index (χ1) is 8.16. The molecule has 0 aliphatic rings. The summed E-state index contributed by atoms with van der Waals surface area (Å²) in [6.45, 7) is 0. The molecular weight excluding hydrogens is 304 g/mol. The van der Waals surface area contributed by atoms with E-state index in [0.29, 0.717) is 5.03 Å². The lowest BCUT2D eigenvalue weighted by atomic mass is 10.4. The molecule has 17 heavy (non-hydrogen) atoms. The van der Waals surface area contributed by atoms with Crippen LogP contribution in [0.2, 0.25) is 0 Å². The SMILES string of the molecule is O=C(O)c1ccc(Sc2ccccc2Br)nn1. The van der Waals surface area contributed by atoms with Gasteiger partial charge in [0.25, 0.3) is 0 Å². The first-order valence-corrected chi connectivity index (χ1v) is 6.27. The van der Waals surface area contributed by atoms with Crippen LogP contribution < -0.4 is 0 Å². The number of aromatic carboxylic acids is 1. The standard InChI is InChI=1S/C11H7BrN2O2S/c12-7-3-1-2-4-9(7)17-10-6-5-8(11(15)16)13-14-10/h1-6H,(H,15,16). The minimum Gasteiger partial charge on any atom is -0.476 e. The van der Waals surface area contributed by atoms with Gasteiger partial charge in [-0.25, -0.2) is 4.79 Å². The molecule has 2 aromatic rings. The number of carbonyl (C=O) groups is 1. The maximum absolute atomic E-state index is 10.6. The van der Waals surface area contributed by atoms with E-state index >= 15 is 0 Å². The predicted molar refractivity (Wildman–Crippen MR) is 67.3 cm³/mol. The van der Waals surface area contributed by atoms with Crippen LogP contribution in [0.25, 0.3) is 0 Å². The number of carboxylic acid groups (broad SMARTS) is 1. The average Bonchev–Trinajstić information content (AvgIpc) is 2.33. The predicted octanol–water partition coefficient (Wildman–Crippen LogP) is 3.09. The third-order valence-corrected chi connectivity index (χ3v) is 3.87. The smallest absolute Gasteiger partial charge is 0.356 e. The molecule has 6 heteroatoms. The second-order valence-electron chi connectivity index (χ2n) is 3.09. The maximum Gasteiger partial charge on any atom is 0.356 e. The largest absolute Gasteiger partial charge is 0.476 e. The van der Waals surface area contributed by atoms with Gasteiger partial charge in [-0.3, -0.25) is 0 Å². The molecule has 0 unspecified atom stereocenters. The Balaban J connectivity index is 2.20. The van der Waals surface area contributed by atoms with Crippen LogP contribution in [-0.2, 0) is 0 Å². The fraction of sp³-hybridized carbons (Fsp3) is 0. The Kier molecular flexibility index (Phi) is 3.75. The lowest BCUT2D eigenvalue weighted by molar-refractivity contribution is 0.0689. The highest BCUT2D eigenvalue weighted by atomic mass is 79.9. The molecule has 0 fully saturated rings. The highest BCUT2D eigenvalue weighted by molar-refractivity contribution is 9.10. The molecule has 0 spiro atoms. The summed E-state index contributed by atoms with van der Waals surface area (Å²) in [5.41, 5.74) is -0.0542. The van der Waals surface area contributed by atoms with Gasteiger partial charge in [0.05, 0.1) is 0 Å². The summed E-state index contributed by atoms with van der Waals surface area (Å²) in [5.74, 6) is -1.07. The number of hydrogen-bond donors (Lipinski definition) is 1.